The van der Waals surface area contributed by atoms with Gasteiger partial charge in [-0.1, -0.05) is 0 Å². The van der Waals surface area contributed by atoms with Crippen LogP contribution in [0.1, 0.15) is 18.6 Å². The van der Waals surface area contributed by atoms with Gasteiger partial charge in [0.05, 0.1) is 11.0 Å². The molecule has 0 aliphatic heterocycles. The molecule has 1 atom stereocenters. The van der Waals surface area contributed by atoms with Crippen molar-refractivity contribution >= 4 is 5.69 Å². The van der Waals surface area contributed by atoms with Crippen LogP contribution < -0.4 is 4.74 Å². The van der Waals surface area contributed by atoms with Crippen molar-refractivity contribution in [1.29, 1.82) is 0 Å². The van der Waals surface area contributed by atoms with E-state index in [9.17, 15) is 24.0 Å². The van der Waals surface area contributed by atoms with Gasteiger partial charge in [-0.25, -0.2) is 0 Å². The highest BCUT2D eigenvalue weighted by Gasteiger charge is 2.17. The van der Waals surface area contributed by atoms with Crippen LogP contribution in [-0.4, -0.2) is 16.6 Å². The van der Waals surface area contributed by atoms with E-state index < -0.39 is 17.6 Å². The van der Waals surface area contributed by atoms with Crippen molar-refractivity contribution < 1.29 is 23.5 Å². The largest absolute Gasteiger partial charge is 0.434 e. The van der Waals surface area contributed by atoms with E-state index in [1.165, 1.54) is 6.92 Å². The van der Waals surface area contributed by atoms with Crippen molar-refractivity contribution in [3.8, 4) is 5.75 Å². The molecule has 1 aromatic rings. The maximum Gasteiger partial charge on any atom is 0.387 e. The second-order valence-electron chi connectivity index (χ2n) is 3.03. The van der Waals surface area contributed by atoms with E-state index in [0.717, 1.165) is 18.2 Å². The van der Waals surface area contributed by atoms with Gasteiger partial charge in [-0.05, 0) is 13.0 Å². The van der Waals surface area contributed by atoms with Crippen LogP contribution in [0, 0.1) is 10.1 Å². The minimum atomic E-state index is -3.04. The monoisotopic (exact) mass is 233 g/mol. The van der Waals surface area contributed by atoms with Gasteiger partial charge in [0.1, 0.15) is 5.75 Å². The number of hydrogen-bond acceptors (Lipinski definition) is 4. The molecule has 0 spiro atoms. The van der Waals surface area contributed by atoms with Gasteiger partial charge in [-0.15, -0.1) is 0 Å². The van der Waals surface area contributed by atoms with E-state index in [4.69, 9.17) is 0 Å². The number of alkyl halides is 2. The van der Waals surface area contributed by atoms with Crippen LogP contribution in [-0.2, 0) is 0 Å². The third-order valence-electron chi connectivity index (χ3n) is 1.87. The standard InChI is InChI=1S/C9H9F2NO4/c1-5(13)7-4-6(12(14)15)2-3-8(7)16-9(10)11/h2-5,9,13H,1H3/t5-/m0/s1. The Hall–Kier alpha value is -1.76. The summed E-state index contributed by atoms with van der Waals surface area (Å²) >= 11 is 0. The van der Waals surface area contributed by atoms with Crippen LogP contribution in [0.5, 0.6) is 5.75 Å². The van der Waals surface area contributed by atoms with Gasteiger partial charge in [0, 0.05) is 17.7 Å². The van der Waals surface area contributed by atoms with Crippen molar-refractivity contribution in [2.45, 2.75) is 19.6 Å². The normalized spacial score (nSPS) is 12.6. The Bertz CT molecular complexity index is 395. The predicted molar refractivity (Wildman–Crippen MR) is 50.4 cm³/mol. The number of nitrogens with zero attached hydrogens (tertiary/aromatic N) is 1. The van der Waals surface area contributed by atoms with E-state index >= 15 is 0 Å². The quantitative estimate of drug-likeness (QED) is 0.639. The lowest BCUT2D eigenvalue weighted by Gasteiger charge is -2.12. The maximum absolute atomic E-state index is 12.0. The Kier molecular flexibility index (Phi) is 3.73. The molecule has 0 saturated carbocycles. The molecule has 88 valence electrons. The summed E-state index contributed by atoms with van der Waals surface area (Å²) in [6, 6.07) is 3.07. The van der Waals surface area contributed by atoms with Gasteiger partial charge in [-0.2, -0.15) is 8.78 Å². The first-order valence-corrected chi connectivity index (χ1v) is 4.33. The number of non-ortho nitro benzene ring substituents is 1. The number of benzene rings is 1. The fraction of sp³-hybridized carbons (Fsp3) is 0.333. The van der Waals surface area contributed by atoms with E-state index in [-0.39, 0.29) is 17.0 Å². The van der Waals surface area contributed by atoms with Crippen molar-refractivity contribution in [3.05, 3.63) is 33.9 Å². The fourth-order valence-electron chi connectivity index (χ4n) is 1.18. The summed E-state index contributed by atoms with van der Waals surface area (Å²) in [6.45, 7) is -1.74. The van der Waals surface area contributed by atoms with Crippen molar-refractivity contribution in [3.63, 3.8) is 0 Å². The number of nitro groups is 1. The topological polar surface area (TPSA) is 72.6 Å². The van der Waals surface area contributed by atoms with Crippen molar-refractivity contribution in [1.82, 2.24) is 0 Å². The summed E-state index contributed by atoms with van der Waals surface area (Å²) < 4.78 is 28.1. The summed E-state index contributed by atoms with van der Waals surface area (Å²) in [4.78, 5) is 9.76. The summed E-state index contributed by atoms with van der Waals surface area (Å²) in [6.07, 6.45) is -1.13. The number of halogens is 2. The summed E-state index contributed by atoms with van der Waals surface area (Å²) in [5.74, 6) is -0.268. The second kappa shape index (κ2) is 4.84. The van der Waals surface area contributed by atoms with Crippen LogP contribution in [0.3, 0.4) is 0 Å². The van der Waals surface area contributed by atoms with Gasteiger partial charge >= 0.3 is 6.61 Å². The van der Waals surface area contributed by atoms with E-state index in [1.807, 2.05) is 0 Å². The van der Waals surface area contributed by atoms with Gasteiger partial charge in [0.2, 0.25) is 0 Å². The molecule has 0 radical (unpaired) electrons. The van der Waals surface area contributed by atoms with Gasteiger partial charge in [0.25, 0.3) is 5.69 Å². The molecule has 0 aliphatic carbocycles. The molecule has 16 heavy (non-hydrogen) atoms. The highest BCUT2D eigenvalue weighted by molar-refractivity contribution is 5.44. The smallest absolute Gasteiger partial charge is 0.387 e. The first kappa shape index (κ1) is 12.3. The van der Waals surface area contributed by atoms with Crippen molar-refractivity contribution in [2.75, 3.05) is 0 Å². The zero-order valence-corrected chi connectivity index (χ0v) is 8.26. The molecule has 7 heteroatoms. The molecule has 0 saturated heterocycles. The highest BCUT2D eigenvalue weighted by atomic mass is 19.3. The predicted octanol–water partition coefficient (Wildman–Crippen LogP) is 2.25. The minimum Gasteiger partial charge on any atom is -0.434 e. The lowest BCUT2D eigenvalue weighted by molar-refractivity contribution is -0.385. The molecule has 0 unspecified atom stereocenters. The molecule has 1 N–H and O–H groups in total. The van der Waals surface area contributed by atoms with E-state index in [2.05, 4.69) is 4.74 Å². The minimum absolute atomic E-state index is 0.0468. The van der Waals surface area contributed by atoms with Crippen LogP contribution in [0.4, 0.5) is 14.5 Å². The third kappa shape index (κ3) is 2.86. The molecule has 0 aliphatic rings. The molecule has 5 nitrogen and oxygen atoms in total. The van der Waals surface area contributed by atoms with Crippen molar-refractivity contribution in [2.24, 2.45) is 0 Å². The number of nitro benzene ring substituents is 1. The Labute approximate surface area is 89.4 Å². The van der Waals surface area contributed by atoms with Gasteiger partial charge in [-0.3, -0.25) is 10.1 Å². The fourth-order valence-corrected chi connectivity index (χ4v) is 1.18. The average Bonchev–Trinajstić information content (AvgIpc) is 2.16. The lowest BCUT2D eigenvalue weighted by atomic mass is 10.1. The molecule has 1 rings (SSSR count). The van der Waals surface area contributed by atoms with Crippen LogP contribution in [0.2, 0.25) is 0 Å². The van der Waals surface area contributed by atoms with Crippen LogP contribution >= 0.6 is 0 Å². The summed E-state index contributed by atoms with van der Waals surface area (Å²) in [5, 5.41) is 19.7. The molecule has 0 fully saturated rings. The van der Waals surface area contributed by atoms with E-state index in [1.54, 1.807) is 0 Å². The number of ether oxygens (including phenoxy) is 1. The molecule has 0 aromatic heterocycles. The molecular weight excluding hydrogens is 224 g/mol. The number of hydrogen-bond donors (Lipinski definition) is 1. The molecular formula is C9H9F2NO4. The zero-order chi connectivity index (χ0) is 12.3. The maximum atomic E-state index is 12.0. The SMILES string of the molecule is C[C@H](O)c1cc([N+](=O)[O-])ccc1OC(F)F. The third-order valence-corrected chi connectivity index (χ3v) is 1.87. The van der Waals surface area contributed by atoms with Gasteiger partial charge in [0.15, 0.2) is 0 Å². The number of aliphatic hydroxyl groups excluding tert-OH is 1. The average molecular weight is 233 g/mol. The van der Waals surface area contributed by atoms with Crippen LogP contribution in [0.15, 0.2) is 18.2 Å². The van der Waals surface area contributed by atoms with Crippen LogP contribution in [0.25, 0.3) is 0 Å². The first-order chi connectivity index (χ1) is 7.41. The Morgan fingerprint density at radius 1 is 1.50 bits per heavy atom. The molecule has 0 heterocycles. The summed E-state index contributed by atoms with van der Waals surface area (Å²) in [7, 11) is 0. The Morgan fingerprint density at radius 2 is 2.12 bits per heavy atom. The van der Waals surface area contributed by atoms with E-state index in [0.29, 0.717) is 0 Å². The molecule has 0 amide bonds. The molecule has 1 aromatic carbocycles. The Balaban J connectivity index is 3.14. The highest BCUT2D eigenvalue weighted by Crippen LogP contribution is 2.30. The molecule has 0 bridgehead atoms. The summed E-state index contributed by atoms with van der Waals surface area (Å²) in [5.41, 5.74) is -0.341. The Morgan fingerprint density at radius 3 is 2.56 bits per heavy atom. The lowest BCUT2D eigenvalue weighted by Crippen LogP contribution is -2.06. The second-order valence-corrected chi connectivity index (χ2v) is 3.03. The number of rotatable bonds is 4. The zero-order valence-electron chi connectivity index (χ0n) is 8.26. The first-order valence-electron chi connectivity index (χ1n) is 4.33. The van der Waals surface area contributed by atoms with Gasteiger partial charge < -0.3 is 9.84 Å². The number of aliphatic hydroxyl groups is 1.